The van der Waals surface area contributed by atoms with Crippen molar-refractivity contribution in [2.24, 2.45) is 0 Å². The van der Waals surface area contributed by atoms with Gasteiger partial charge in [0, 0.05) is 11.6 Å². The van der Waals surface area contributed by atoms with E-state index in [1.165, 1.54) is 26.8 Å². The number of hydrogen-bond acceptors (Lipinski definition) is 8. The van der Waals surface area contributed by atoms with E-state index in [1.807, 2.05) is 0 Å². The van der Waals surface area contributed by atoms with Crippen LogP contribution in [-0.2, 0) is 14.3 Å². The van der Waals surface area contributed by atoms with Gasteiger partial charge < -0.3 is 24.6 Å². The van der Waals surface area contributed by atoms with Crippen LogP contribution >= 0.6 is 0 Å². The molecular weight excluding hydrogens is 374 g/mol. The van der Waals surface area contributed by atoms with Gasteiger partial charge in [0.1, 0.15) is 29.2 Å². The van der Waals surface area contributed by atoms with Crippen molar-refractivity contribution in [1.29, 1.82) is 0 Å². The molecule has 148 valence electrons. The first-order chi connectivity index (χ1) is 14.1. The summed E-state index contributed by atoms with van der Waals surface area (Å²) in [4.78, 5) is 20.3. The molecule has 0 saturated carbocycles. The van der Waals surface area contributed by atoms with Crippen molar-refractivity contribution in [2.75, 3.05) is 19.5 Å². The molecule has 1 heterocycles. The smallest absolute Gasteiger partial charge is 0.341 e. The second kappa shape index (κ2) is 9.23. The minimum atomic E-state index is -0.563. The lowest BCUT2D eigenvalue weighted by atomic mass is 10.1. The average molecular weight is 393 g/mol. The summed E-state index contributed by atoms with van der Waals surface area (Å²) in [5, 5.41) is 12.9. The molecule has 0 aliphatic rings. The van der Waals surface area contributed by atoms with Gasteiger partial charge in [0.25, 0.3) is 0 Å². The van der Waals surface area contributed by atoms with E-state index < -0.39 is 5.97 Å². The third kappa shape index (κ3) is 4.81. The SMILES string of the molecule is CO/C=C(/C(=O)OC)c1ccccc1Oc1cc(Nc2ccccc2O)ncn1. The van der Waals surface area contributed by atoms with Crippen LogP contribution < -0.4 is 10.1 Å². The molecule has 3 rings (SSSR count). The molecule has 0 spiro atoms. The second-order valence-electron chi connectivity index (χ2n) is 5.74. The van der Waals surface area contributed by atoms with Crippen LogP contribution in [0.3, 0.4) is 0 Å². The second-order valence-corrected chi connectivity index (χ2v) is 5.74. The van der Waals surface area contributed by atoms with E-state index in [2.05, 4.69) is 15.3 Å². The van der Waals surface area contributed by atoms with Gasteiger partial charge in [-0.15, -0.1) is 0 Å². The maximum atomic E-state index is 12.1. The highest BCUT2D eigenvalue weighted by Gasteiger charge is 2.18. The van der Waals surface area contributed by atoms with Crippen LogP contribution in [0.15, 0.2) is 67.2 Å². The summed E-state index contributed by atoms with van der Waals surface area (Å²) in [5.41, 5.74) is 1.18. The quantitative estimate of drug-likeness (QED) is 0.270. The van der Waals surface area contributed by atoms with Gasteiger partial charge in [0.05, 0.1) is 26.2 Å². The lowest BCUT2D eigenvalue weighted by Crippen LogP contribution is -2.06. The summed E-state index contributed by atoms with van der Waals surface area (Å²) >= 11 is 0. The number of para-hydroxylation sites is 3. The number of ether oxygens (including phenoxy) is 3. The van der Waals surface area contributed by atoms with Crippen molar-refractivity contribution in [1.82, 2.24) is 9.97 Å². The van der Waals surface area contributed by atoms with Gasteiger partial charge in [-0.05, 0) is 18.2 Å². The van der Waals surface area contributed by atoms with Crippen LogP contribution in [0.2, 0.25) is 0 Å². The van der Waals surface area contributed by atoms with E-state index in [1.54, 1.807) is 54.6 Å². The Morgan fingerprint density at radius 1 is 1.07 bits per heavy atom. The monoisotopic (exact) mass is 393 g/mol. The van der Waals surface area contributed by atoms with E-state index in [4.69, 9.17) is 14.2 Å². The molecule has 0 atom stereocenters. The largest absolute Gasteiger partial charge is 0.506 e. The molecule has 0 bridgehead atoms. The molecular formula is C21H19N3O5. The fraction of sp³-hybridized carbons (Fsp3) is 0.0952. The number of carbonyl (C=O) groups excluding carboxylic acids is 1. The Bertz CT molecular complexity index is 1040. The van der Waals surface area contributed by atoms with Crippen molar-refractivity contribution < 1.29 is 24.1 Å². The Morgan fingerprint density at radius 2 is 1.83 bits per heavy atom. The van der Waals surface area contributed by atoms with Gasteiger partial charge in [-0.3, -0.25) is 0 Å². The molecule has 29 heavy (non-hydrogen) atoms. The van der Waals surface area contributed by atoms with Crippen molar-refractivity contribution in [2.45, 2.75) is 0 Å². The summed E-state index contributed by atoms with van der Waals surface area (Å²) in [6.45, 7) is 0. The first-order valence-corrected chi connectivity index (χ1v) is 8.58. The predicted octanol–water partition coefficient (Wildman–Crippen LogP) is 3.88. The zero-order valence-corrected chi connectivity index (χ0v) is 15.8. The number of aromatic nitrogens is 2. The number of phenols is 1. The van der Waals surface area contributed by atoms with E-state index in [9.17, 15) is 9.90 Å². The molecule has 8 heteroatoms. The van der Waals surface area contributed by atoms with Crippen LogP contribution in [-0.4, -0.2) is 35.3 Å². The number of phenolic OH excluding ortho intramolecular Hbond substituents is 1. The molecule has 0 aliphatic carbocycles. The number of aromatic hydroxyl groups is 1. The number of esters is 1. The van der Waals surface area contributed by atoms with E-state index in [0.29, 0.717) is 22.8 Å². The minimum Gasteiger partial charge on any atom is -0.506 e. The van der Waals surface area contributed by atoms with Crippen LogP contribution in [0.5, 0.6) is 17.4 Å². The number of hydrogen-bond donors (Lipinski definition) is 2. The van der Waals surface area contributed by atoms with E-state index in [0.717, 1.165) is 0 Å². The number of carbonyl (C=O) groups is 1. The molecule has 0 aliphatic heterocycles. The van der Waals surface area contributed by atoms with Crippen LogP contribution in [0.25, 0.3) is 5.57 Å². The fourth-order valence-corrected chi connectivity index (χ4v) is 2.52. The van der Waals surface area contributed by atoms with E-state index in [-0.39, 0.29) is 17.2 Å². The molecule has 0 unspecified atom stereocenters. The van der Waals surface area contributed by atoms with Crippen molar-refractivity contribution in [3.63, 3.8) is 0 Å². The van der Waals surface area contributed by atoms with Gasteiger partial charge >= 0.3 is 5.97 Å². The number of benzene rings is 2. The number of rotatable bonds is 7. The summed E-state index contributed by atoms with van der Waals surface area (Å²) in [5.74, 6) is 0.578. The standard InChI is InChI=1S/C21H19N3O5/c1-27-12-15(21(26)28-2)14-7-3-6-10-18(14)29-20-11-19(22-13-23-20)24-16-8-4-5-9-17(16)25/h3-13,25H,1-2H3,(H,22,23,24)/b15-12+. The molecule has 3 aromatic rings. The summed E-state index contributed by atoms with van der Waals surface area (Å²) < 4.78 is 15.7. The van der Waals surface area contributed by atoms with Crippen LogP contribution in [0.4, 0.5) is 11.5 Å². The van der Waals surface area contributed by atoms with Crippen molar-refractivity contribution in [3.05, 3.63) is 72.8 Å². The Hall–Kier alpha value is -4.07. The number of nitrogens with zero attached hydrogens (tertiary/aromatic N) is 2. The molecule has 0 saturated heterocycles. The Balaban J connectivity index is 1.89. The Morgan fingerprint density at radius 3 is 2.59 bits per heavy atom. The lowest BCUT2D eigenvalue weighted by molar-refractivity contribution is -0.133. The number of nitrogens with one attached hydrogen (secondary N) is 1. The highest BCUT2D eigenvalue weighted by molar-refractivity contribution is 6.17. The fourth-order valence-electron chi connectivity index (χ4n) is 2.52. The van der Waals surface area contributed by atoms with Gasteiger partial charge in [-0.25, -0.2) is 14.8 Å². The van der Waals surface area contributed by atoms with Crippen molar-refractivity contribution >= 4 is 23.0 Å². The molecule has 0 amide bonds. The zero-order valence-electron chi connectivity index (χ0n) is 15.8. The third-order valence-corrected chi connectivity index (χ3v) is 3.84. The molecule has 1 aromatic heterocycles. The summed E-state index contributed by atoms with van der Waals surface area (Å²) in [6.07, 6.45) is 2.62. The normalized spacial score (nSPS) is 10.9. The first kappa shape index (κ1) is 19.7. The minimum absolute atomic E-state index is 0.0892. The van der Waals surface area contributed by atoms with Gasteiger partial charge in [0.2, 0.25) is 5.88 Å². The summed E-state index contributed by atoms with van der Waals surface area (Å²) in [7, 11) is 2.73. The number of methoxy groups -OCH3 is 2. The Kier molecular flexibility index (Phi) is 6.26. The maximum absolute atomic E-state index is 12.1. The molecule has 8 nitrogen and oxygen atoms in total. The molecule has 2 aromatic carbocycles. The first-order valence-electron chi connectivity index (χ1n) is 8.58. The molecule has 0 radical (unpaired) electrons. The van der Waals surface area contributed by atoms with Gasteiger partial charge in [-0.2, -0.15) is 0 Å². The lowest BCUT2D eigenvalue weighted by Gasteiger charge is -2.13. The summed E-state index contributed by atoms with van der Waals surface area (Å²) in [6, 6.07) is 15.3. The average Bonchev–Trinajstić information content (AvgIpc) is 2.74. The van der Waals surface area contributed by atoms with Crippen molar-refractivity contribution in [3.8, 4) is 17.4 Å². The van der Waals surface area contributed by atoms with E-state index >= 15 is 0 Å². The Labute approximate surface area is 167 Å². The molecule has 0 fully saturated rings. The third-order valence-electron chi connectivity index (χ3n) is 3.84. The predicted molar refractivity (Wildman–Crippen MR) is 107 cm³/mol. The number of anilines is 2. The molecule has 2 N–H and O–H groups in total. The highest BCUT2D eigenvalue weighted by atomic mass is 16.5. The van der Waals surface area contributed by atoms with Crippen LogP contribution in [0.1, 0.15) is 5.56 Å². The maximum Gasteiger partial charge on any atom is 0.341 e. The van der Waals surface area contributed by atoms with Gasteiger partial charge in [-0.1, -0.05) is 30.3 Å². The topological polar surface area (TPSA) is 103 Å². The zero-order chi connectivity index (χ0) is 20.6. The van der Waals surface area contributed by atoms with Crippen LogP contribution in [0, 0.1) is 0 Å². The highest BCUT2D eigenvalue weighted by Crippen LogP contribution is 2.31. The van der Waals surface area contributed by atoms with Gasteiger partial charge in [0.15, 0.2) is 0 Å².